The van der Waals surface area contributed by atoms with Gasteiger partial charge in [0.2, 0.25) is 0 Å². The van der Waals surface area contributed by atoms with Crippen LogP contribution in [0.4, 0.5) is 0 Å². The van der Waals surface area contributed by atoms with Crippen LogP contribution in [0.25, 0.3) is 0 Å². The highest BCUT2D eigenvalue weighted by atomic mass is 35.5. The molecule has 0 spiro atoms. The van der Waals surface area contributed by atoms with Crippen molar-refractivity contribution in [2.24, 2.45) is 12.8 Å². The third kappa shape index (κ3) is 1.38. The van der Waals surface area contributed by atoms with Crippen LogP contribution in [0, 0.1) is 0 Å². The van der Waals surface area contributed by atoms with Crippen molar-refractivity contribution >= 4 is 11.6 Å². The van der Waals surface area contributed by atoms with Crippen LogP contribution in [0.3, 0.4) is 0 Å². The molecule has 0 amide bonds. The fraction of sp³-hybridized carbons (Fsp3) is 0.600. The van der Waals surface area contributed by atoms with Crippen LogP contribution in [0.15, 0.2) is 6.20 Å². The molecule has 0 fully saturated rings. The zero-order valence-corrected chi connectivity index (χ0v) is 8.64. The van der Waals surface area contributed by atoms with Gasteiger partial charge in [0.1, 0.15) is 5.15 Å². The van der Waals surface area contributed by atoms with Gasteiger partial charge in [0.15, 0.2) is 0 Å². The molecule has 0 saturated carbocycles. The summed E-state index contributed by atoms with van der Waals surface area (Å²) in [5.74, 6) is 0.530. The fourth-order valence-corrected chi connectivity index (χ4v) is 2.45. The van der Waals surface area contributed by atoms with Crippen LogP contribution < -0.4 is 5.73 Å². The van der Waals surface area contributed by atoms with Crippen molar-refractivity contribution < 1.29 is 0 Å². The van der Waals surface area contributed by atoms with E-state index in [9.17, 15) is 0 Å². The van der Waals surface area contributed by atoms with Gasteiger partial charge in [-0.05, 0) is 42.9 Å². The standard InChI is InChI=1S/C10H15ClN2/c1-13-6-9-7(5-12)3-2-4-8(9)10(13)11/h6-7H,2-5,12H2,1H3. The van der Waals surface area contributed by atoms with Crippen LogP contribution >= 0.6 is 11.6 Å². The number of aromatic nitrogens is 1. The summed E-state index contributed by atoms with van der Waals surface area (Å²) in [6, 6.07) is 0. The van der Waals surface area contributed by atoms with E-state index in [0.717, 1.165) is 18.1 Å². The van der Waals surface area contributed by atoms with Gasteiger partial charge in [-0.1, -0.05) is 11.6 Å². The number of rotatable bonds is 1. The van der Waals surface area contributed by atoms with E-state index in [1.54, 1.807) is 0 Å². The number of fused-ring (bicyclic) bond motifs is 1. The molecule has 13 heavy (non-hydrogen) atoms. The second-order valence-electron chi connectivity index (χ2n) is 3.79. The predicted molar refractivity (Wildman–Crippen MR) is 55.2 cm³/mol. The Kier molecular flexibility index (Phi) is 2.35. The Morgan fingerprint density at radius 2 is 2.46 bits per heavy atom. The first kappa shape index (κ1) is 9.10. The molecule has 2 nitrogen and oxygen atoms in total. The van der Waals surface area contributed by atoms with Crippen molar-refractivity contribution in [2.45, 2.75) is 25.2 Å². The monoisotopic (exact) mass is 198 g/mol. The zero-order valence-electron chi connectivity index (χ0n) is 7.89. The molecule has 72 valence electrons. The molecule has 0 radical (unpaired) electrons. The van der Waals surface area contributed by atoms with E-state index in [4.69, 9.17) is 17.3 Å². The lowest BCUT2D eigenvalue weighted by atomic mass is 9.86. The van der Waals surface area contributed by atoms with Crippen molar-refractivity contribution in [3.05, 3.63) is 22.5 Å². The number of hydrogen-bond donors (Lipinski definition) is 1. The van der Waals surface area contributed by atoms with E-state index in [1.807, 2.05) is 11.6 Å². The summed E-state index contributed by atoms with van der Waals surface area (Å²) < 4.78 is 2.00. The van der Waals surface area contributed by atoms with Gasteiger partial charge in [-0.25, -0.2) is 0 Å². The van der Waals surface area contributed by atoms with Gasteiger partial charge in [-0.2, -0.15) is 0 Å². The van der Waals surface area contributed by atoms with E-state index < -0.39 is 0 Å². The average Bonchev–Trinajstić information content (AvgIpc) is 2.43. The van der Waals surface area contributed by atoms with Crippen molar-refractivity contribution in [1.29, 1.82) is 0 Å². The van der Waals surface area contributed by atoms with E-state index >= 15 is 0 Å². The van der Waals surface area contributed by atoms with Gasteiger partial charge in [0, 0.05) is 13.2 Å². The first-order valence-electron chi connectivity index (χ1n) is 4.77. The lowest BCUT2D eigenvalue weighted by Gasteiger charge is -2.20. The molecule has 1 heterocycles. The molecule has 1 atom stereocenters. The van der Waals surface area contributed by atoms with E-state index in [1.165, 1.54) is 24.0 Å². The Morgan fingerprint density at radius 3 is 3.15 bits per heavy atom. The normalized spacial score (nSPS) is 21.6. The number of halogens is 1. The lowest BCUT2D eigenvalue weighted by Crippen LogP contribution is -2.16. The van der Waals surface area contributed by atoms with Gasteiger partial charge in [0.05, 0.1) is 0 Å². The third-order valence-electron chi connectivity index (χ3n) is 2.94. The third-order valence-corrected chi connectivity index (χ3v) is 3.44. The van der Waals surface area contributed by atoms with Gasteiger partial charge in [0.25, 0.3) is 0 Å². The van der Waals surface area contributed by atoms with Crippen molar-refractivity contribution in [2.75, 3.05) is 6.54 Å². The van der Waals surface area contributed by atoms with Gasteiger partial charge in [-0.3, -0.25) is 0 Å². The molecule has 0 aliphatic heterocycles. The van der Waals surface area contributed by atoms with Gasteiger partial charge >= 0.3 is 0 Å². The zero-order chi connectivity index (χ0) is 9.42. The summed E-state index contributed by atoms with van der Waals surface area (Å²) >= 11 is 6.17. The van der Waals surface area contributed by atoms with Gasteiger partial charge in [-0.15, -0.1) is 0 Å². The van der Waals surface area contributed by atoms with Crippen molar-refractivity contribution in [3.8, 4) is 0 Å². The van der Waals surface area contributed by atoms with Crippen LogP contribution in [-0.2, 0) is 13.5 Å². The SMILES string of the molecule is Cn1cc2c(c1Cl)CCCC2CN. The highest BCUT2D eigenvalue weighted by Crippen LogP contribution is 2.35. The summed E-state index contributed by atoms with van der Waals surface area (Å²) in [7, 11) is 1.99. The minimum Gasteiger partial charge on any atom is -0.341 e. The first-order chi connectivity index (χ1) is 6.24. The minimum absolute atomic E-state index is 0.530. The lowest BCUT2D eigenvalue weighted by molar-refractivity contribution is 0.563. The first-order valence-corrected chi connectivity index (χ1v) is 5.15. The maximum atomic E-state index is 6.17. The molecule has 0 aromatic carbocycles. The van der Waals surface area contributed by atoms with E-state index in [-0.39, 0.29) is 0 Å². The molecule has 2 rings (SSSR count). The van der Waals surface area contributed by atoms with Crippen LogP contribution in [0.1, 0.15) is 29.9 Å². The molecule has 0 saturated heterocycles. The quantitative estimate of drug-likeness (QED) is 0.736. The second-order valence-corrected chi connectivity index (χ2v) is 4.15. The maximum Gasteiger partial charge on any atom is 0.112 e. The summed E-state index contributed by atoms with van der Waals surface area (Å²) in [5.41, 5.74) is 8.43. The van der Waals surface area contributed by atoms with Crippen LogP contribution in [0.2, 0.25) is 5.15 Å². The molecule has 1 aliphatic rings. The number of nitrogens with zero attached hydrogens (tertiary/aromatic N) is 1. The fourth-order valence-electron chi connectivity index (χ4n) is 2.20. The summed E-state index contributed by atoms with van der Waals surface area (Å²) in [6.45, 7) is 0.743. The van der Waals surface area contributed by atoms with Crippen molar-refractivity contribution in [1.82, 2.24) is 4.57 Å². The Morgan fingerprint density at radius 1 is 1.69 bits per heavy atom. The number of hydrogen-bond acceptors (Lipinski definition) is 1. The molecule has 0 bridgehead atoms. The summed E-state index contributed by atoms with van der Waals surface area (Å²) in [4.78, 5) is 0. The second kappa shape index (κ2) is 3.35. The minimum atomic E-state index is 0.530. The van der Waals surface area contributed by atoms with E-state index in [2.05, 4.69) is 6.20 Å². The number of nitrogens with two attached hydrogens (primary N) is 1. The largest absolute Gasteiger partial charge is 0.341 e. The van der Waals surface area contributed by atoms with Crippen LogP contribution in [0.5, 0.6) is 0 Å². The van der Waals surface area contributed by atoms with E-state index in [0.29, 0.717) is 5.92 Å². The number of aryl methyl sites for hydroxylation is 1. The Balaban J connectivity index is 2.45. The average molecular weight is 199 g/mol. The molecular formula is C10H15ClN2. The highest BCUT2D eigenvalue weighted by molar-refractivity contribution is 6.30. The predicted octanol–water partition coefficient (Wildman–Crippen LogP) is 2.06. The molecule has 2 N–H and O–H groups in total. The molecular weight excluding hydrogens is 184 g/mol. The summed E-state index contributed by atoms with van der Waals surface area (Å²) in [6.07, 6.45) is 5.68. The van der Waals surface area contributed by atoms with Crippen LogP contribution in [-0.4, -0.2) is 11.1 Å². The molecule has 1 aromatic rings. The molecule has 3 heteroatoms. The summed E-state index contributed by atoms with van der Waals surface area (Å²) in [5, 5.41) is 0.896. The topological polar surface area (TPSA) is 30.9 Å². The van der Waals surface area contributed by atoms with Crippen molar-refractivity contribution in [3.63, 3.8) is 0 Å². The maximum absolute atomic E-state index is 6.17. The Labute approximate surface area is 83.7 Å². The Bertz CT molecular complexity index is 317. The molecule has 1 aromatic heterocycles. The highest BCUT2D eigenvalue weighted by Gasteiger charge is 2.23. The molecule has 1 unspecified atom stereocenters. The molecule has 1 aliphatic carbocycles. The van der Waals surface area contributed by atoms with Gasteiger partial charge < -0.3 is 10.3 Å². The Hall–Kier alpha value is -0.470. The smallest absolute Gasteiger partial charge is 0.112 e.